The fourth-order valence-corrected chi connectivity index (χ4v) is 2.99. The summed E-state index contributed by atoms with van der Waals surface area (Å²) in [7, 11) is 1.62. The van der Waals surface area contributed by atoms with Gasteiger partial charge >= 0.3 is 0 Å². The van der Waals surface area contributed by atoms with Crippen LogP contribution in [0.2, 0.25) is 0 Å². The highest BCUT2D eigenvalue weighted by molar-refractivity contribution is 6.09. The number of amides is 1. The van der Waals surface area contributed by atoms with Crippen LogP contribution in [0, 0.1) is 32.1 Å². The lowest BCUT2D eigenvalue weighted by atomic mass is 10.1. The SMILES string of the molecule is COc1cccc(-n2c(C)cc(C=C(C#N)C(=O)Nc3cc(C)on3)c2C)c1. The number of nitriles is 1. The molecule has 1 amide bonds. The molecule has 142 valence electrons. The minimum Gasteiger partial charge on any atom is -0.497 e. The molecule has 0 saturated carbocycles. The molecule has 28 heavy (non-hydrogen) atoms. The van der Waals surface area contributed by atoms with E-state index in [1.54, 1.807) is 26.2 Å². The number of aromatic nitrogens is 2. The molecule has 7 nitrogen and oxygen atoms in total. The smallest absolute Gasteiger partial charge is 0.267 e. The Morgan fingerprint density at radius 3 is 2.71 bits per heavy atom. The highest BCUT2D eigenvalue weighted by atomic mass is 16.5. The fraction of sp³-hybridized carbons (Fsp3) is 0.190. The Morgan fingerprint density at radius 2 is 2.07 bits per heavy atom. The maximum Gasteiger partial charge on any atom is 0.267 e. The first-order chi connectivity index (χ1) is 13.4. The topological polar surface area (TPSA) is 93.1 Å². The molecule has 0 aliphatic carbocycles. The molecule has 7 heteroatoms. The Kier molecular flexibility index (Phi) is 5.32. The van der Waals surface area contributed by atoms with Crippen LogP contribution in [0.4, 0.5) is 5.82 Å². The van der Waals surface area contributed by atoms with Crippen molar-refractivity contribution in [3.05, 3.63) is 64.7 Å². The molecule has 1 N–H and O–H groups in total. The second-order valence-electron chi connectivity index (χ2n) is 6.31. The van der Waals surface area contributed by atoms with Crippen LogP contribution in [0.1, 0.15) is 22.7 Å². The van der Waals surface area contributed by atoms with Gasteiger partial charge in [-0.3, -0.25) is 4.79 Å². The van der Waals surface area contributed by atoms with Crippen LogP contribution in [-0.4, -0.2) is 22.7 Å². The first-order valence-electron chi connectivity index (χ1n) is 8.62. The minimum atomic E-state index is -0.540. The van der Waals surface area contributed by atoms with Gasteiger partial charge in [-0.15, -0.1) is 0 Å². The van der Waals surface area contributed by atoms with Crippen molar-refractivity contribution in [2.45, 2.75) is 20.8 Å². The average Bonchev–Trinajstić information content (AvgIpc) is 3.21. The fourth-order valence-electron chi connectivity index (χ4n) is 2.99. The van der Waals surface area contributed by atoms with Gasteiger partial charge in [-0.05, 0) is 50.6 Å². The van der Waals surface area contributed by atoms with Crippen LogP contribution >= 0.6 is 0 Å². The number of nitrogens with zero attached hydrogens (tertiary/aromatic N) is 3. The molecule has 1 aromatic carbocycles. The van der Waals surface area contributed by atoms with Crippen molar-refractivity contribution in [1.29, 1.82) is 5.26 Å². The summed E-state index contributed by atoms with van der Waals surface area (Å²) >= 11 is 0. The van der Waals surface area contributed by atoms with E-state index in [1.165, 1.54) is 0 Å². The van der Waals surface area contributed by atoms with Gasteiger partial charge in [0.25, 0.3) is 5.91 Å². The van der Waals surface area contributed by atoms with E-state index in [-0.39, 0.29) is 11.4 Å². The molecule has 0 spiro atoms. The summed E-state index contributed by atoms with van der Waals surface area (Å²) in [6, 6.07) is 13.2. The van der Waals surface area contributed by atoms with E-state index in [1.807, 2.05) is 54.8 Å². The van der Waals surface area contributed by atoms with Gasteiger partial charge in [0.05, 0.1) is 7.11 Å². The molecule has 0 unspecified atom stereocenters. The molecule has 0 radical (unpaired) electrons. The maximum atomic E-state index is 12.4. The second-order valence-corrected chi connectivity index (χ2v) is 6.31. The Morgan fingerprint density at radius 1 is 1.29 bits per heavy atom. The van der Waals surface area contributed by atoms with Gasteiger partial charge in [0.1, 0.15) is 23.2 Å². The molecule has 2 aromatic heterocycles. The monoisotopic (exact) mass is 376 g/mol. The highest BCUT2D eigenvalue weighted by Gasteiger charge is 2.15. The van der Waals surface area contributed by atoms with Crippen molar-refractivity contribution in [3.8, 4) is 17.5 Å². The van der Waals surface area contributed by atoms with Gasteiger partial charge in [-0.2, -0.15) is 5.26 Å². The number of carbonyl (C=O) groups is 1. The van der Waals surface area contributed by atoms with Gasteiger partial charge in [-0.25, -0.2) is 0 Å². The second kappa shape index (κ2) is 7.84. The third-order valence-corrected chi connectivity index (χ3v) is 4.32. The Balaban J connectivity index is 1.94. The van der Waals surface area contributed by atoms with Crippen molar-refractivity contribution in [2.75, 3.05) is 12.4 Å². The minimum absolute atomic E-state index is 0.0217. The number of rotatable bonds is 5. The molecule has 0 saturated heterocycles. The van der Waals surface area contributed by atoms with E-state index in [0.29, 0.717) is 5.76 Å². The molecule has 0 atom stereocenters. The van der Waals surface area contributed by atoms with Gasteiger partial charge in [0.15, 0.2) is 5.82 Å². The number of hydrogen-bond acceptors (Lipinski definition) is 5. The molecule has 0 aliphatic rings. The number of anilines is 1. The predicted molar refractivity (Wildman–Crippen MR) is 105 cm³/mol. The lowest BCUT2D eigenvalue weighted by Crippen LogP contribution is -2.13. The van der Waals surface area contributed by atoms with E-state index in [4.69, 9.17) is 9.26 Å². The highest BCUT2D eigenvalue weighted by Crippen LogP contribution is 2.25. The van der Waals surface area contributed by atoms with Crippen molar-refractivity contribution in [3.63, 3.8) is 0 Å². The van der Waals surface area contributed by atoms with Crippen LogP contribution in [-0.2, 0) is 4.79 Å². The van der Waals surface area contributed by atoms with Gasteiger partial charge < -0.3 is 19.1 Å². The van der Waals surface area contributed by atoms with Crippen molar-refractivity contribution in [1.82, 2.24) is 9.72 Å². The van der Waals surface area contributed by atoms with Crippen molar-refractivity contribution in [2.24, 2.45) is 0 Å². The number of aryl methyl sites for hydroxylation is 2. The van der Waals surface area contributed by atoms with E-state index in [9.17, 15) is 10.1 Å². The standard InChI is InChI=1S/C21H20N4O3/c1-13-8-16(15(3)25(13)18-6-5-7-19(11-18)27-4)10-17(12-22)21(26)23-20-9-14(2)28-24-20/h5-11H,1-4H3,(H,23,24,26). The summed E-state index contributed by atoms with van der Waals surface area (Å²) in [4.78, 5) is 12.4. The van der Waals surface area contributed by atoms with Gasteiger partial charge in [-0.1, -0.05) is 11.2 Å². The summed E-state index contributed by atoms with van der Waals surface area (Å²) in [6.45, 7) is 5.62. The van der Waals surface area contributed by atoms with E-state index in [2.05, 4.69) is 10.5 Å². The lowest BCUT2D eigenvalue weighted by molar-refractivity contribution is -0.112. The van der Waals surface area contributed by atoms with E-state index >= 15 is 0 Å². The Bertz CT molecular complexity index is 1100. The molecule has 0 bridgehead atoms. The number of hydrogen-bond donors (Lipinski definition) is 1. The number of carbonyl (C=O) groups excluding carboxylic acids is 1. The molecule has 2 heterocycles. The van der Waals surface area contributed by atoms with Crippen LogP contribution in [0.3, 0.4) is 0 Å². The number of ether oxygens (including phenoxy) is 1. The molecule has 0 aliphatic heterocycles. The van der Waals surface area contributed by atoms with Crippen molar-refractivity contribution < 1.29 is 14.1 Å². The van der Waals surface area contributed by atoms with Crippen LogP contribution in [0.5, 0.6) is 5.75 Å². The number of benzene rings is 1. The molecule has 3 aromatic rings. The summed E-state index contributed by atoms with van der Waals surface area (Å²) in [5, 5.41) is 15.7. The largest absolute Gasteiger partial charge is 0.497 e. The molecular weight excluding hydrogens is 356 g/mol. The van der Waals surface area contributed by atoms with Crippen LogP contribution < -0.4 is 10.1 Å². The Hall–Kier alpha value is -3.79. The zero-order chi connectivity index (χ0) is 20.3. The van der Waals surface area contributed by atoms with Gasteiger partial charge in [0, 0.05) is 29.2 Å². The predicted octanol–water partition coefficient (Wildman–Crippen LogP) is 3.94. The maximum absolute atomic E-state index is 12.4. The zero-order valence-electron chi connectivity index (χ0n) is 16.1. The molecule has 0 fully saturated rings. The number of methoxy groups -OCH3 is 1. The first-order valence-corrected chi connectivity index (χ1v) is 8.62. The average molecular weight is 376 g/mol. The quantitative estimate of drug-likeness (QED) is 0.538. The summed E-state index contributed by atoms with van der Waals surface area (Å²) < 4.78 is 12.3. The third kappa shape index (κ3) is 3.81. The van der Waals surface area contributed by atoms with E-state index < -0.39 is 5.91 Å². The molecule has 3 rings (SSSR count). The zero-order valence-corrected chi connectivity index (χ0v) is 16.1. The summed E-state index contributed by atoms with van der Waals surface area (Å²) in [5.74, 6) is 1.05. The number of nitrogens with one attached hydrogen (secondary N) is 1. The van der Waals surface area contributed by atoms with E-state index in [0.717, 1.165) is 28.4 Å². The first kappa shape index (κ1) is 19.0. The van der Waals surface area contributed by atoms with Crippen molar-refractivity contribution >= 4 is 17.8 Å². The van der Waals surface area contributed by atoms with Gasteiger partial charge in [0.2, 0.25) is 0 Å². The summed E-state index contributed by atoms with van der Waals surface area (Å²) in [5.41, 5.74) is 3.58. The molecular formula is C21H20N4O3. The van der Waals surface area contributed by atoms with Crippen LogP contribution in [0.15, 0.2) is 46.5 Å². The normalized spacial score (nSPS) is 11.2. The van der Waals surface area contributed by atoms with Crippen LogP contribution in [0.25, 0.3) is 11.8 Å². The summed E-state index contributed by atoms with van der Waals surface area (Å²) in [6.07, 6.45) is 1.57. The Labute approximate surface area is 162 Å². The third-order valence-electron chi connectivity index (χ3n) is 4.32. The lowest BCUT2D eigenvalue weighted by Gasteiger charge is -2.11.